The summed E-state index contributed by atoms with van der Waals surface area (Å²) in [5, 5.41) is 0. The molecule has 1 unspecified atom stereocenters. The van der Waals surface area contributed by atoms with E-state index in [4.69, 9.17) is 5.73 Å². The minimum Gasteiger partial charge on any atom is -0.354 e. The van der Waals surface area contributed by atoms with Gasteiger partial charge in [-0.05, 0) is 31.4 Å². The molecule has 1 aromatic rings. The van der Waals surface area contributed by atoms with E-state index in [-0.39, 0.29) is 6.04 Å². The molecule has 1 atom stereocenters. The first-order valence-electron chi connectivity index (χ1n) is 5.12. The van der Waals surface area contributed by atoms with E-state index in [2.05, 4.69) is 30.0 Å². The topological polar surface area (TPSA) is 30.9 Å². The molecule has 0 aliphatic carbocycles. The molecular formula is C11H20N2. The van der Waals surface area contributed by atoms with E-state index in [0.29, 0.717) is 0 Å². The van der Waals surface area contributed by atoms with Gasteiger partial charge in [0.2, 0.25) is 0 Å². The maximum absolute atomic E-state index is 5.72. The van der Waals surface area contributed by atoms with Crippen molar-refractivity contribution in [3.05, 3.63) is 24.0 Å². The molecule has 13 heavy (non-hydrogen) atoms. The number of nitrogens with zero attached hydrogens (tertiary/aromatic N) is 1. The Hall–Kier alpha value is -0.760. The highest BCUT2D eigenvalue weighted by atomic mass is 14.9. The second kappa shape index (κ2) is 5.07. The molecule has 0 aliphatic heterocycles. The van der Waals surface area contributed by atoms with Crippen molar-refractivity contribution >= 4 is 0 Å². The monoisotopic (exact) mass is 180 g/mol. The van der Waals surface area contributed by atoms with Gasteiger partial charge < -0.3 is 10.3 Å². The minimum absolute atomic E-state index is 0.266. The van der Waals surface area contributed by atoms with Crippen molar-refractivity contribution in [2.24, 2.45) is 5.73 Å². The van der Waals surface area contributed by atoms with Gasteiger partial charge >= 0.3 is 0 Å². The SMILES string of the molecule is CCCCn1ccc(CC(C)N)c1. The Balaban J connectivity index is 2.44. The molecule has 1 heterocycles. The second-order valence-corrected chi connectivity index (χ2v) is 3.79. The summed E-state index contributed by atoms with van der Waals surface area (Å²) in [5.41, 5.74) is 7.08. The molecule has 0 spiro atoms. The van der Waals surface area contributed by atoms with Crippen LogP contribution in [0, 0.1) is 0 Å². The summed E-state index contributed by atoms with van der Waals surface area (Å²) in [6, 6.07) is 2.43. The third-order valence-corrected chi connectivity index (χ3v) is 2.14. The zero-order valence-corrected chi connectivity index (χ0v) is 8.66. The predicted molar refractivity (Wildman–Crippen MR) is 56.7 cm³/mol. The van der Waals surface area contributed by atoms with Crippen LogP contribution in [0.15, 0.2) is 18.5 Å². The molecule has 0 aliphatic rings. The number of unbranched alkanes of at least 4 members (excludes halogenated alkanes) is 1. The number of aryl methyl sites for hydroxylation is 1. The van der Waals surface area contributed by atoms with Gasteiger partial charge in [-0.25, -0.2) is 0 Å². The summed E-state index contributed by atoms with van der Waals surface area (Å²) < 4.78 is 2.25. The number of aromatic nitrogens is 1. The van der Waals surface area contributed by atoms with E-state index in [1.807, 2.05) is 6.92 Å². The van der Waals surface area contributed by atoms with Gasteiger partial charge in [-0.15, -0.1) is 0 Å². The molecular weight excluding hydrogens is 160 g/mol. The van der Waals surface area contributed by atoms with Crippen LogP contribution >= 0.6 is 0 Å². The highest BCUT2D eigenvalue weighted by Gasteiger charge is 1.99. The van der Waals surface area contributed by atoms with Crippen molar-refractivity contribution in [1.29, 1.82) is 0 Å². The molecule has 1 rings (SSSR count). The smallest absolute Gasteiger partial charge is 0.0219 e. The van der Waals surface area contributed by atoms with Crippen LogP contribution in [0.4, 0.5) is 0 Å². The van der Waals surface area contributed by atoms with Crippen molar-refractivity contribution < 1.29 is 0 Å². The lowest BCUT2D eigenvalue weighted by atomic mass is 10.1. The van der Waals surface area contributed by atoms with Crippen LogP contribution < -0.4 is 5.73 Å². The summed E-state index contributed by atoms with van der Waals surface area (Å²) in [6.07, 6.45) is 7.85. The van der Waals surface area contributed by atoms with Gasteiger partial charge in [0, 0.05) is 25.0 Å². The molecule has 0 saturated heterocycles. The molecule has 0 bridgehead atoms. The average molecular weight is 180 g/mol. The van der Waals surface area contributed by atoms with E-state index in [9.17, 15) is 0 Å². The Kier molecular flexibility index (Phi) is 4.03. The van der Waals surface area contributed by atoms with Crippen LogP contribution in [-0.2, 0) is 13.0 Å². The lowest BCUT2D eigenvalue weighted by molar-refractivity contribution is 0.632. The van der Waals surface area contributed by atoms with Crippen LogP contribution in [0.5, 0.6) is 0 Å². The summed E-state index contributed by atoms with van der Waals surface area (Å²) in [7, 11) is 0. The van der Waals surface area contributed by atoms with E-state index >= 15 is 0 Å². The summed E-state index contributed by atoms with van der Waals surface area (Å²) in [6.45, 7) is 5.39. The Labute approximate surface area is 80.7 Å². The molecule has 0 saturated carbocycles. The summed E-state index contributed by atoms with van der Waals surface area (Å²) in [5.74, 6) is 0. The van der Waals surface area contributed by atoms with Crippen LogP contribution in [0.25, 0.3) is 0 Å². The fourth-order valence-electron chi connectivity index (χ4n) is 1.46. The number of hydrogen-bond donors (Lipinski definition) is 1. The molecule has 0 radical (unpaired) electrons. The first-order chi connectivity index (χ1) is 6.22. The molecule has 2 N–H and O–H groups in total. The lowest BCUT2D eigenvalue weighted by Crippen LogP contribution is -2.17. The zero-order chi connectivity index (χ0) is 9.68. The van der Waals surface area contributed by atoms with E-state index < -0.39 is 0 Å². The van der Waals surface area contributed by atoms with Crippen molar-refractivity contribution in [1.82, 2.24) is 4.57 Å². The van der Waals surface area contributed by atoms with Gasteiger partial charge in [0.25, 0.3) is 0 Å². The lowest BCUT2D eigenvalue weighted by Gasteiger charge is -2.02. The quantitative estimate of drug-likeness (QED) is 0.739. The zero-order valence-electron chi connectivity index (χ0n) is 8.66. The molecule has 1 aromatic heterocycles. The van der Waals surface area contributed by atoms with Gasteiger partial charge in [-0.2, -0.15) is 0 Å². The molecule has 0 aromatic carbocycles. The van der Waals surface area contributed by atoms with Gasteiger partial charge in [0.15, 0.2) is 0 Å². The third-order valence-electron chi connectivity index (χ3n) is 2.14. The summed E-state index contributed by atoms with van der Waals surface area (Å²) >= 11 is 0. The van der Waals surface area contributed by atoms with Crippen LogP contribution in [0.1, 0.15) is 32.3 Å². The Morgan fingerprint density at radius 3 is 2.92 bits per heavy atom. The standard InChI is InChI=1S/C11H20N2/c1-3-4-6-13-7-5-11(9-13)8-10(2)12/h5,7,9-10H,3-4,6,8,12H2,1-2H3. The van der Waals surface area contributed by atoms with Gasteiger partial charge in [-0.1, -0.05) is 13.3 Å². The number of hydrogen-bond acceptors (Lipinski definition) is 1. The Bertz CT molecular complexity index is 238. The van der Waals surface area contributed by atoms with Gasteiger partial charge in [0.1, 0.15) is 0 Å². The maximum Gasteiger partial charge on any atom is 0.0219 e. The molecule has 0 fully saturated rings. The van der Waals surface area contributed by atoms with Crippen molar-refractivity contribution in [3.63, 3.8) is 0 Å². The summed E-state index contributed by atoms with van der Waals surface area (Å²) in [4.78, 5) is 0. The highest BCUT2D eigenvalue weighted by Crippen LogP contribution is 2.05. The largest absolute Gasteiger partial charge is 0.354 e. The van der Waals surface area contributed by atoms with E-state index in [1.54, 1.807) is 0 Å². The van der Waals surface area contributed by atoms with Gasteiger partial charge in [0.05, 0.1) is 0 Å². The van der Waals surface area contributed by atoms with E-state index in [0.717, 1.165) is 13.0 Å². The van der Waals surface area contributed by atoms with Gasteiger partial charge in [-0.3, -0.25) is 0 Å². The molecule has 2 heteroatoms. The predicted octanol–water partition coefficient (Wildman–Crippen LogP) is 2.18. The second-order valence-electron chi connectivity index (χ2n) is 3.79. The fourth-order valence-corrected chi connectivity index (χ4v) is 1.46. The Morgan fingerprint density at radius 1 is 1.54 bits per heavy atom. The first kappa shape index (κ1) is 10.3. The van der Waals surface area contributed by atoms with E-state index in [1.165, 1.54) is 18.4 Å². The maximum atomic E-state index is 5.72. The highest BCUT2D eigenvalue weighted by molar-refractivity contribution is 5.11. The first-order valence-corrected chi connectivity index (χ1v) is 5.12. The normalized spacial score (nSPS) is 13.2. The van der Waals surface area contributed by atoms with Crippen molar-refractivity contribution in [2.45, 2.75) is 45.7 Å². The van der Waals surface area contributed by atoms with Crippen molar-refractivity contribution in [2.75, 3.05) is 0 Å². The molecule has 0 amide bonds. The Morgan fingerprint density at radius 2 is 2.31 bits per heavy atom. The van der Waals surface area contributed by atoms with Crippen LogP contribution in [0.3, 0.4) is 0 Å². The molecule has 2 nitrogen and oxygen atoms in total. The number of rotatable bonds is 5. The molecule has 74 valence electrons. The van der Waals surface area contributed by atoms with Crippen molar-refractivity contribution in [3.8, 4) is 0 Å². The van der Waals surface area contributed by atoms with Crippen LogP contribution in [-0.4, -0.2) is 10.6 Å². The third kappa shape index (κ3) is 3.64. The fraction of sp³-hybridized carbons (Fsp3) is 0.636. The van der Waals surface area contributed by atoms with Crippen LogP contribution in [0.2, 0.25) is 0 Å². The average Bonchev–Trinajstić information content (AvgIpc) is 2.48. The minimum atomic E-state index is 0.266. The number of nitrogens with two attached hydrogens (primary N) is 1.